The number of nitrogens with one attached hydrogen (secondary N) is 1. The van der Waals surface area contributed by atoms with Gasteiger partial charge >= 0.3 is 0 Å². The summed E-state index contributed by atoms with van der Waals surface area (Å²) in [6.45, 7) is 0. The predicted octanol–water partition coefficient (Wildman–Crippen LogP) is 0.552. The molecule has 0 aliphatic heterocycles. The predicted molar refractivity (Wildman–Crippen MR) is 46.0 cm³/mol. The highest BCUT2D eigenvalue weighted by atomic mass is 15.5. The van der Waals surface area contributed by atoms with Crippen LogP contribution in [0.1, 0.15) is 0 Å². The first-order valence-electron chi connectivity index (χ1n) is 3.33. The Bertz CT molecular complexity index is 234. The SMILES string of the molecule is CN(C)Nc1ccncc1N. The molecule has 0 saturated carbocycles. The Morgan fingerprint density at radius 1 is 1.55 bits per heavy atom. The van der Waals surface area contributed by atoms with Gasteiger partial charge in [-0.25, -0.2) is 5.01 Å². The molecule has 0 unspecified atom stereocenters. The van der Waals surface area contributed by atoms with Crippen LogP contribution < -0.4 is 11.2 Å². The third-order valence-corrected chi connectivity index (χ3v) is 1.20. The van der Waals surface area contributed by atoms with E-state index in [-0.39, 0.29) is 0 Å². The average molecular weight is 152 g/mol. The lowest BCUT2D eigenvalue weighted by molar-refractivity contribution is 0.495. The summed E-state index contributed by atoms with van der Waals surface area (Å²) in [6, 6.07) is 1.83. The fourth-order valence-corrected chi connectivity index (χ4v) is 0.749. The number of nitrogen functional groups attached to an aromatic ring is 1. The average Bonchev–Trinajstić information content (AvgIpc) is 1.93. The minimum absolute atomic E-state index is 0.654. The second kappa shape index (κ2) is 3.21. The van der Waals surface area contributed by atoms with Crippen molar-refractivity contribution in [2.45, 2.75) is 0 Å². The van der Waals surface area contributed by atoms with Gasteiger partial charge in [0.2, 0.25) is 0 Å². The van der Waals surface area contributed by atoms with E-state index in [9.17, 15) is 0 Å². The maximum absolute atomic E-state index is 5.62. The molecule has 1 rings (SSSR count). The molecule has 1 heterocycles. The van der Waals surface area contributed by atoms with Crippen molar-refractivity contribution < 1.29 is 0 Å². The molecule has 4 nitrogen and oxygen atoms in total. The molecule has 0 spiro atoms. The first kappa shape index (κ1) is 7.81. The second-order valence-electron chi connectivity index (χ2n) is 2.47. The van der Waals surface area contributed by atoms with Crippen molar-refractivity contribution in [3.63, 3.8) is 0 Å². The monoisotopic (exact) mass is 152 g/mol. The first-order chi connectivity index (χ1) is 5.20. The minimum Gasteiger partial charge on any atom is -0.396 e. The van der Waals surface area contributed by atoms with Crippen LogP contribution in [0.3, 0.4) is 0 Å². The smallest absolute Gasteiger partial charge is 0.0751 e. The number of rotatable bonds is 2. The van der Waals surface area contributed by atoms with Gasteiger partial charge in [0.05, 0.1) is 17.6 Å². The van der Waals surface area contributed by atoms with Gasteiger partial charge in [0, 0.05) is 20.3 Å². The van der Waals surface area contributed by atoms with Crippen LogP contribution in [0.15, 0.2) is 18.5 Å². The molecule has 0 fully saturated rings. The molecule has 0 aromatic carbocycles. The third kappa shape index (κ3) is 2.09. The second-order valence-corrected chi connectivity index (χ2v) is 2.47. The van der Waals surface area contributed by atoms with E-state index in [2.05, 4.69) is 10.4 Å². The maximum atomic E-state index is 5.62. The molecule has 4 heteroatoms. The van der Waals surface area contributed by atoms with Crippen LogP contribution in [0.25, 0.3) is 0 Å². The van der Waals surface area contributed by atoms with E-state index in [1.54, 1.807) is 12.4 Å². The van der Waals surface area contributed by atoms with Crippen molar-refractivity contribution in [1.29, 1.82) is 0 Å². The summed E-state index contributed by atoms with van der Waals surface area (Å²) in [7, 11) is 3.81. The first-order valence-corrected chi connectivity index (χ1v) is 3.33. The topological polar surface area (TPSA) is 54.2 Å². The van der Waals surface area contributed by atoms with Crippen LogP contribution in [0.5, 0.6) is 0 Å². The van der Waals surface area contributed by atoms with E-state index in [1.807, 2.05) is 25.2 Å². The zero-order chi connectivity index (χ0) is 8.27. The Morgan fingerprint density at radius 2 is 2.27 bits per heavy atom. The highest BCUT2D eigenvalue weighted by Crippen LogP contribution is 2.14. The molecule has 0 bridgehead atoms. The zero-order valence-corrected chi connectivity index (χ0v) is 6.70. The zero-order valence-electron chi connectivity index (χ0n) is 6.70. The molecule has 0 aliphatic rings. The van der Waals surface area contributed by atoms with E-state index >= 15 is 0 Å². The fraction of sp³-hybridized carbons (Fsp3) is 0.286. The van der Waals surface area contributed by atoms with E-state index in [0.29, 0.717) is 5.69 Å². The van der Waals surface area contributed by atoms with Gasteiger partial charge < -0.3 is 11.2 Å². The quantitative estimate of drug-likeness (QED) is 0.608. The van der Waals surface area contributed by atoms with Gasteiger partial charge in [-0.05, 0) is 6.07 Å². The van der Waals surface area contributed by atoms with Gasteiger partial charge in [0.25, 0.3) is 0 Å². The number of hydrazine groups is 1. The third-order valence-electron chi connectivity index (χ3n) is 1.20. The molecule has 0 aliphatic carbocycles. The fourth-order valence-electron chi connectivity index (χ4n) is 0.749. The van der Waals surface area contributed by atoms with E-state index < -0.39 is 0 Å². The molecule has 3 N–H and O–H groups in total. The van der Waals surface area contributed by atoms with Crippen LogP contribution >= 0.6 is 0 Å². The lowest BCUT2D eigenvalue weighted by Gasteiger charge is -2.14. The van der Waals surface area contributed by atoms with E-state index in [0.717, 1.165) is 5.69 Å². The number of anilines is 2. The molecule has 1 aromatic rings. The highest BCUT2D eigenvalue weighted by molar-refractivity contribution is 5.63. The van der Waals surface area contributed by atoms with Crippen LogP contribution in [0.2, 0.25) is 0 Å². The lowest BCUT2D eigenvalue weighted by atomic mass is 10.4. The van der Waals surface area contributed by atoms with Gasteiger partial charge in [-0.15, -0.1) is 0 Å². The highest BCUT2D eigenvalue weighted by Gasteiger charge is 1.96. The van der Waals surface area contributed by atoms with E-state index in [1.165, 1.54) is 0 Å². The summed E-state index contributed by atoms with van der Waals surface area (Å²) in [5.74, 6) is 0. The van der Waals surface area contributed by atoms with Crippen LogP contribution in [-0.4, -0.2) is 24.1 Å². The van der Waals surface area contributed by atoms with Crippen molar-refractivity contribution >= 4 is 11.4 Å². The Hall–Kier alpha value is -1.29. The van der Waals surface area contributed by atoms with Crippen molar-refractivity contribution in [3.8, 4) is 0 Å². The maximum Gasteiger partial charge on any atom is 0.0751 e. The van der Waals surface area contributed by atoms with Crippen molar-refractivity contribution in [2.24, 2.45) is 0 Å². The number of hydrogen-bond donors (Lipinski definition) is 2. The number of hydrogen-bond acceptors (Lipinski definition) is 4. The Labute approximate surface area is 66.0 Å². The van der Waals surface area contributed by atoms with E-state index in [4.69, 9.17) is 5.73 Å². The number of aromatic nitrogens is 1. The van der Waals surface area contributed by atoms with Crippen molar-refractivity contribution in [1.82, 2.24) is 9.99 Å². The molecule has 0 amide bonds. The summed E-state index contributed by atoms with van der Waals surface area (Å²) in [5, 5.41) is 1.83. The minimum atomic E-state index is 0.654. The van der Waals surface area contributed by atoms with Crippen molar-refractivity contribution in [3.05, 3.63) is 18.5 Å². The van der Waals surface area contributed by atoms with Gasteiger partial charge in [-0.1, -0.05) is 0 Å². The number of pyridine rings is 1. The van der Waals surface area contributed by atoms with Gasteiger partial charge in [-0.3, -0.25) is 4.98 Å². The molecule has 0 atom stereocenters. The molecule has 0 radical (unpaired) electrons. The number of nitrogens with zero attached hydrogens (tertiary/aromatic N) is 2. The van der Waals surface area contributed by atoms with Gasteiger partial charge in [-0.2, -0.15) is 0 Å². The molecular formula is C7H12N4. The molecule has 60 valence electrons. The molecule has 1 aromatic heterocycles. The standard InChI is InChI=1S/C7H12N4/c1-11(2)10-7-3-4-9-5-6(7)8/h3-5H,8H2,1-2H3,(H,9,10). The summed E-state index contributed by atoms with van der Waals surface area (Å²) in [4.78, 5) is 3.87. The normalized spacial score (nSPS) is 10.1. The molecular weight excluding hydrogens is 140 g/mol. The Balaban J connectivity index is 2.78. The summed E-state index contributed by atoms with van der Waals surface area (Å²) in [5.41, 5.74) is 10.2. The Kier molecular flexibility index (Phi) is 2.28. The number of nitrogens with two attached hydrogens (primary N) is 1. The van der Waals surface area contributed by atoms with Crippen molar-refractivity contribution in [2.75, 3.05) is 25.3 Å². The van der Waals surface area contributed by atoms with Gasteiger partial charge in [0.15, 0.2) is 0 Å². The lowest BCUT2D eigenvalue weighted by Crippen LogP contribution is -2.20. The summed E-state index contributed by atoms with van der Waals surface area (Å²) >= 11 is 0. The molecule has 0 saturated heterocycles. The largest absolute Gasteiger partial charge is 0.396 e. The van der Waals surface area contributed by atoms with Crippen LogP contribution in [0.4, 0.5) is 11.4 Å². The van der Waals surface area contributed by atoms with Crippen LogP contribution in [-0.2, 0) is 0 Å². The Morgan fingerprint density at radius 3 is 2.82 bits per heavy atom. The molecule has 11 heavy (non-hydrogen) atoms. The summed E-state index contributed by atoms with van der Waals surface area (Å²) < 4.78 is 0. The summed E-state index contributed by atoms with van der Waals surface area (Å²) in [6.07, 6.45) is 3.31. The van der Waals surface area contributed by atoms with Gasteiger partial charge in [0.1, 0.15) is 0 Å². The van der Waals surface area contributed by atoms with Crippen LogP contribution in [0, 0.1) is 0 Å².